The molecule has 27 heavy (non-hydrogen) atoms. The second-order valence-electron chi connectivity index (χ2n) is 6.77. The zero-order valence-electron chi connectivity index (χ0n) is 15.7. The van der Waals surface area contributed by atoms with E-state index in [1.54, 1.807) is 6.92 Å². The fourth-order valence-electron chi connectivity index (χ4n) is 2.95. The molecule has 144 valence electrons. The standard InChI is InChI=1S/C21H25BrN2O3/c1-15-6-7-20(19(22)12-15)27-16(2)21(25)23-18-5-3-4-17(13-18)14-24-8-10-26-11-9-24/h3-7,12-13,16H,8-11,14H2,1-2H3,(H,23,25). The van der Waals surface area contributed by atoms with E-state index in [1.165, 1.54) is 5.56 Å². The van der Waals surface area contributed by atoms with Gasteiger partial charge in [-0.1, -0.05) is 18.2 Å². The molecule has 0 bridgehead atoms. The lowest BCUT2D eigenvalue weighted by atomic mass is 10.1. The molecule has 1 saturated heterocycles. The summed E-state index contributed by atoms with van der Waals surface area (Å²) in [5.74, 6) is 0.482. The highest BCUT2D eigenvalue weighted by atomic mass is 79.9. The monoisotopic (exact) mass is 432 g/mol. The minimum absolute atomic E-state index is 0.175. The van der Waals surface area contributed by atoms with Crippen LogP contribution < -0.4 is 10.1 Å². The third-order valence-corrected chi connectivity index (χ3v) is 5.08. The molecule has 0 spiro atoms. The normalized spacial score (nSPS) is 16.0. The highest BCUT2D eigenvalue weighted by Crippen LogP contribution is 2.27. The number of ether oxygens (including phenoxy) is 2. The van der Waals surface area contributed by atoms with Crippen LogP contribution in [-0.2, 0) is 16.1 Å². The van der Waals surface area contributed by atoms with E-state index in [4.69, 9.17) is 9.47 Å². The summed E-state index contributed by atoms with van der Waals surface area (Å²) in [7, 11) is 0. The van der Waals surface area contributed by atoms with Crippen LogP contribution in [0.2, 0.25) is 0 Å². The number of nitrogens with one attached hydrogen (secondary N) is 1. The van der Waals surface area contributed by atoms with E-state index in [2.05, 4.69) is 32.2 Å². The minimum Gasteiger partial charge on any atom is -0.480 e. The van der Waals surface area contributed by atoms with Crippen LogP contribution in [0.3, 0.4) is 0 Å². The summed E-state index contributed by atoms with van der Waals surface area (Å²) in [4.78, 5) is 14.9. The molecule has 1 amide bonds. The fourth-order valence-corrected chi connectivity index (χ4v) is 3.54. The topological polar surface area (TPSA) is 50.8 Å². The number of carbonyl (C=O) groups is 1. The van der Waals surface area contributed by atoms with Gasteiger partial charge in [0.05, 0.1) is 17.7 Å². The Kier molecular flexibility index (Phi) is 6.88. The number of halogens is 1. The third-order valence-electron chi connectivity index (χ3n) is 4.46. The molecule has 0 radical (unpaired) electrons. The Morgan fingerprint density at radius 3 is 2.78 bits per heavy atom. The molecule has 5 nitrogen and oxygen atoms in total. The van der Waals surface area contributed by atoms with Gasteiger partial charge >= 0.3 is 0 Å². The Morgan fingerprint density at radius 1 is 1.26 bits per heavy atom. The predicted molar refractivity (Wildman–Crippen MR) is 110 cm³/mol. The Labute approximate surface area is 168 Å². The zero-order chi connectivity index (χ0) is 19.2. The molecule has 2 aromatic carbocycles. The minimum atomic E-state index is -0.605. The van der Waals surface area contributed by atoms with Gasteiger partial charge in [0.15, 0.2) is 6.10 Å². The van der Waals surface area contributed by atoms with Crippen molar-refractivity contribution in [1.29, 1.82) is 0 Å². The summed E-state index contributed by atoms with van der Waals surface area (Å²) >= 11 is 3.48. The van der Waals surface area contributed by atoms with Gasteiger partial charge in [-0.3, -0.25) is 9.69 Å². The molecule has 1 heterocycles. The van der Waals surface area contributed by atoms with Crippen LogP contribution in [0, 0.1) is 6.92 Å². The van der Waals surface area contributed by atoms with Crippen molar-refractivity contribution in [3.05, 3.63) is 58.1 Å². The SMILES string of the molecule is Cc1ccc(OC(C)C(=O)Nc2cccc(CN3CCOCC3)c2)c(Br)c1. The summed E-state index contributed by atoms with van der Waals surface area (Å²) < 4.78 is 12.0. The first-order chi connectivity index (χ1) is 13.0. The van der Waals surface area contributed by atoms with Crippen molar-refractivity contribution in [3.63, 3.8) is 0 Å². The molecule has 0 aliphatic carbocycles. The Bertz CT molecular complexity index is 791. The van der Waals surface area contributed by atoms with E-state index in [1.807, 2.05) is 43.3 Å². The predicted octanol–water partition coefficient (Wildman–Crippen LogP) is 4.00. The molecule has 0 aromatic heterocycles. The molecule has 1 N–H and O–H groups in total. The maximum absolute atomic E-state index is 12.5. The van der Waals surface area contributed by atoms with Gasteiger partial charge in [0.1, 0.15) is 5.75 Å². The van der Waals surface area contributed by atoms with Crippen LogP contribution in [0.4, 0.5) is 5.69 Å². The largest absolute Gasteiger partial charge is 0.480 e. The van der Waals surface area contributed by atoms with Gasteiger partial charge in [-0.05, 0) is 65.2 Å². The van der Waals surface area contributed by atoms with E-state index in [0.717, 1.165) is 48.6 Å². The van der Waals surface area contributed by atoms with Gasteiger partial charge in [0.25, 0.3) is 5.91 Å². The summed E-state index contributed by atoms with van der Waals surface area (Å²) in [6.07, 6.45) is -0.605. The lowest BCUT2D eigenvalue weighted by Gasteiger charge is -2.26. The average Bonchev–Trinajstić information content (AvgIpc) is 2.65. The first kappa shape index (κ1) is 19.9. The van der Waals surface area contributed by atoms with E-state index < -0.39 is 6.10 Å². The Balaban J connectivity index is 1.58. The van der Waals surface area contributed by atoms with Gasteiger partial charge in [0, 0.05) is 25.3 Å². The van der Waals surface area contributed by atoms with Crippen LogP contribution in [0.5, 0.6) is 5.75 Å². The number of anilines is 1. The molecule has 0 saturated carbocycles. The van der Waals surface area contributed by atoms with Gasteiger partial charge in [0.2, 0.25) is 0 Å². The number of hydrogen-bond acceptors (Lipinski definition) is 4. The first-order valence-electron chi connectivity index (χ1n) is 9.14. The number of nitrogens with zero attached hydrogens (tertiary/aromatic N) is 1. The number of rotatable bonds is 6. The zero-order valence-corrected chi connectivity index (χ0v) is 17.3. The van der Waals surface area contributed by atoms with Gasteiger partial charge < -0.3 is 14.8 Å². The number of aryl methyl sites for hydroxylation is 1. The van der Waals surface area contributed by atoms with Crippen LogP contribution in [0.1, 0.15) is 18.1 Å². The molecule has 1 aliphatic heterocycles. The molecule has 1 atom stereocenters. The molecule has 1 aliphatic rings. The quantitative estimate of drug-likeness (QED) is 0.749. The molecule has 6 heteroatoms. The van der Waals surface area contributed by atoms with E-state index in [0.29, 0.717) is 5.75 Å². The summed E-state index contributed by atoms with van der Waals surface area (Å²) in [6, 6.07) is 13.8. The van der Waals surface area contributed by atoms with Gasteiger partial charge in [-0.15, -0.1) is 0 Å². The molecule has 1 unspecified atom stereocenters. The Hall–Kier alpha value is -1.89. The molecular weight excluding hydrogens is 408 g/mol. The number of amides is 1. The van der Waals surface area contributed by atoms with Crippen molar-refractivity contribution in [3.8, 4) is 5.75 Å². The van der Waals surface area contributed by atoms with Crippen molar-refractivity contribution >= 4 is 27.5 Å². The number of hydrogen-bond donors (Lipinski definition) is 1. The number of morpholine rings is 1. The van der Waals surface area contributed by atoms with Crippen molar-refractivity contribution in [2.45, 2.75) is 26.5 Å². The maximum atomic E-state index is 12.5. The van der Waals surface area contributed by atoms with Crippen LogP contribution in [-0.4, -0.2) is 43.2 Å². The van der Waals surface area contributed by atoms with Crippen molar-refractivity contribution in [2.24, 2.45) is 0 Å². The maximum Gasteiger partial charge on any atom is 0.265 e. The number of carbonyl (C=O) groups excluding carboxylic acids is 1. The second kappa shape index (κ2) is 9.35. The van der Waals surface area contributed by atoms with Crippen molar-refractivity contribution in [2.75, 3.05) is 31.6 Å². The van der Waals surface area contributed by atoms with Crippen molar-refractivity contribution in [1.82, 2.24) is 4.90 Å². The summed E-state index contributed by atoms with van der Waals surface area (Å²) in [5, 5.41) is 2.95. The molecular formula is C21H25BrN2O3. The second-order valence-corrected chi connectivity index (χ2v) is 7.63. The van der Waals surface area contributed by atoms with Crippen molar-refractivity contribution < 1.29 is 14.3 Å². The first-order valence-corrected chi connectivity index (χ1v) is 9.93. The highest BCUT2D eigenvalue weighted by Gasteiger charge is 2.17. The fraction of sp³-hybridized carbons (Fsp3) is 0.381. The molecule has 2 aromatic rings. The highest BCUT2D eigenvalue weighted by molar-refractivity contribution is 9.10. The molecule has 1 fully saturated rings. The summed E-state index contributed by atoms with van der Waals surface area (Å²) in [6.45, 7) is 8.04. The van der Waals surface area contributed by atoms with Gasteiger partial charge in [-0.2, -0.15) is 0 Å². The smallest absolute Gasteiger partial charge is 0.265 e. The van der Waals surface area contributed by atoms with Crippen LogP contribution in [0.15, 0.2) is 46.9 Å². The Morgan fingerprint density at radius 2 is 2.04 bits per heavy atom. The van der Waals surface area contributed by atoms with E-state index >= 15 is 0 Å². The number of benzene rings is 2. The third kappa shape index (κ3) is 5.79. The lowest BCUT2D eigenvalue weighted by molar-refractivity contribution is -0.122. The van der Waals surface area contributed by atoms with Crippen LogP contribution >= 0.6 is 15.9 Å². The molecule has 3 rings (SSSR count). The van der Waals surface area contributed by atoms with Crippen LogP contribution in [0.25, 0.3) is 0 Å². The van der Waals surface area contributed by atoms with Gasteiger partial charge in [-0.25, -0.2) is 0 Å². The average molecular weight is 433 g/mol. The lowest BCUT2D eigenvalue weighted by Crippen LogP contribution is -2.35. The van der Waals surface area contributed by atoms with E-state index in [9.17, 15) is 4.79 Å². The van der Waals surface area contributed by atoms with E-state index in [-0.39, 0.29) is 5.91 Å². The summed E-state index contributed by atoms with van der Waals surface area (Å²) in [5.41, 5.74) is 3.08.